The van der Waals surface area contributed by atoms with Crippen molar-refractivity contribution in [2.75, 3.05) is 13.7 Å². The number of hydrogen-bond acceptors (Lipinski definition) is 3. The van der Waals surface area contributed by atoms with E-state index < -0.39 is 5.92 Å². The lowest BCUT2D eigenvalue weighted by molar-refractivity contribution is -0.142. The van der Waals surface area contributed by atoms with Gasteiger partial charge < -0.3 is 9.47 Å². The molecular formula is C18H17BrCl2O3. The van der Waals surface area contributed by atoms with Gasteiger partial charge in [-0.05, 0) is 58.6 Å². The maximum Gasteiger partial charge on any atom is 0.313 e. The largest absolute Gasteiger partial charge is 0.492 e. The van der Waals surface area contributed by atoms with Crippen LogP contribution in [0.5, 0.6) is 5.75 Å². The van der Waals surface area contributed by atoms with Crippen molar-refractivity contribution in [3.05, 3.63) is 62.5 Å². The predicted octanol–water partition coefficient (Wildman–Crippen LogP) is 5.87. The van der Waals surface area contributed by atoms with E-state index in [-0.39, 0.29) is 5.97 Å². The maximum atomic E-state index is 12.1. The minimum absolute atomic E-state index is 0.319. The van der Waals surface area contributed by atoms with Crippen molar-refractivity contribution < 1.29 is 14.3 Å². The number of methoxy groups -OCH3 is 1. The number of carbonyl (C=O) groups excluding carboxylic acids is 1. The SMILES string of the molecule is COC(=O)C(CCCOc1ccccc1Br)c1ccc(Cl)cc1Cl. The van der Waals surface area contributed by atoms with Gasteiger partial charge in [0.05, 0.1) is 24.1 Å². The monoisotopic (exact) mass is 430 g/mol. The van der Waals surface area contributed by atoms with Gasteiger partial charge in [-0.1, -0.05) is 41.4 Å². The van der Waals surface area contributed by atoms with Gasteiger partial charge in [0.2, 0.25) is 0 Å². The average molecular weight is 432 g/mol. The summed E-state index contributed by atoms with van der Waals surface area (Å²) in [4.78, 5) is 12.1. The number of esters is 1. The minimum Gasteiger partial charge on any atom is -0.492 e. The molecule has 0 bridgehead atoms. The van der Waals surface area contributed by atoms with E-state index in [4.69, 9.17) is 32.7 Å². The van der Waals surface area contributed by atoms with Crippen LogP contribution in [-0.2, 0) is 9.53 Å². The number of benzene rings is 2. The quantitative estimate of drug-likeness (QED) is 0.406. The van der Waals surface area contributed by atoms with Gasteiger partial charge in [0.1, 0.15) is 5.75 Å². The molecule has 0 radical (unpaired) electrons. The molecule has 0 saturated heterocycles. The Morgan fingerprint density at radius 2 is 1.96 bits per heavy atom. The number of ether oxygens (including phenoxy) is 2. The maximum absolute atomic E-state index is 12.1. The lowest BCUT2D eigenvalue weighted by Crippen LogP contribution is -2.16. The van der Waals surface area contributed by atoms with Gasteiger partial charge in [-0.25, -0.2) is 0 Å². The summed E-state index contributed by atoms with van der Waals surface area (Å²) in [5, 5.41) is 0.995. The van der Waals surface area contributed by atoms with E-state index in [1.165, 1.54) is 7.11 Å². The Kier molecular flexibility index (Phi) is 7.40. The van der Waals surface area contributed by atoms with Crippen molar-refractivity contribution in [1.29, 1.82) is 0 Å². The molecule has 0 aliphatic heterocycles. The van der Waals surface area contributed by atoms with Gasteiger partial charge in [0.25, 0.3) is 0 Å². The normalized spacial score (nSPS) is 11.8. The highest BCUT2D eigenvalue weighted by Gasteiger charge is 2.23. The van der Waals surface area contributed by atoms with E-state index in [0.29, 0.717) is 35.1 Å². The molecular weight excluding hydrogens is 415 g/mol. The first-order valence-electron chi connectivity index (χ1n) is 7.43. The van der Waals surface area contributed by atoms with Crippen molar-refractivity contribution in [3.8, 4) is 5.75 Å². The van der Waals surface area contributed by atoms with Gasteiger partial charge in [0.15, 0.2) is 0 Å². The van der Waals surface area contributed by atoms with Crippen molar-refractivity contribution >= 4 is 45.1 Å². The highest BCUT2D eigenvalue weighted by atomic mass is 79.9. The van der Waals surface area contributed by atoms with E-state index in [1.54, 1.807) is 18.2 Å². The molecule has 6 heteroatoms. The van der Waals surface area contributed by atoms with Crippen LogP contribution in [0.3, 0.4) is 0 Å². The van der Waals surface area contributed by atoms with Crippen LogP contribution in [0.4, 0.5) is 0 Å². The molecule has 128 valence electrons. The number of halogens is 3. The zero-order valence-corrected chi connectivity index (χ0v) is 16.2. The zero-order valence-electron chi connectivity index (χ0n) is 13.1. The summed E-state index contributed by atoms with van der Waals surface area (Å²) < 4.78 is 11.5. The summed E-state index contributed by atoms with van der Waals surface area (Å²) in [6, 6.07) is 12.7. The second kappa shape index (κ2) is 9.30. The molecule has 0 saturated carbocycles. The first-order valence-corrected chi connectivity index (χ1v) is 8.98. The van der Waals surface area contributed by atoms with Gasteiger partial charge in [-0.3, -0.25) is 4.79 Å². The summed E-state index contributed by atoms with van der Waals surface area (Å²) in [5.74, 6) is 0.0133. The highest BCUT2D eigenvalue weighted by Crippen LogP contribution is 2.31. The van der Waals surface area contributed by atoms with Crippen LogP contribution in [0.1, 0.15) is 24.3 Å². The summed E-state index contributed by atoms with van der Waals surface area (Å²) in [6.45, 7) is 0.487. The van der Waals surface area contributed by atoms with E-state index >= 15 is 0 Å². The van der Waals surface area contributed by atoms with Gasteiger partial charge >= 0.3 is 5.97 Å². The molecule has 0 fully saturated rings. The summed E-state index contributed by atoms with van der Waals surface area (Å²) >= 11 is 15.6. The van der Waals surface area contributed by atoms with Gasteiger partial charge in [-0.2, -0.15) is 0 Å². The number of rotatable bonds is 7. The average Bonchev–Trinajstić information content (AvgIpc) is 2.57. The van der Waals surface area contributed by atoms with E-state index in [1.807, 2.05) is 24.3 Å². The standard InChI is InChI=1S/C18H17BrCl2O3/c1-23-18(22)14(13-9-8-12(20)11-16(13)21)5-4-10-24-17-7-3-2-6-15(17)19/h2-3,6-9,11,14H,4-5,10H2,1H3. The van der Waals surface area contributed by atoms with Crippen LogP contribution in [0.25, 0.3) is 0 Å². The molecule has 2 aromatic rings. The Bertz CT molecular complexity index is 706. The molecule has 0 heterocycles. The molecule has 0 spiro atoms. The van der Waals surface area contributed by atoms with Crippen LogP contribution >= 0.6 is 39.1 Å². The summed E-state index contributed by atoms with van der Waals surface area (Å²) in [7, 11) is 1.37. The summed E-state index contributed by atoms with van der Waals surface area (Å²) in [5.41, 5.74) is 0.716. The number of hydrogen-bond donors (Lipinski definition) is 0. The van der Waals surface area contributed by atoms with Crippen LogP contribution in [0.15, 0.2) is 46.9 Å². The predicted molar refractivity (Wildman–Crippen MR) is 100 cm³/mol. The van der Waals surface area contributed by atoms with E-state index in [2.05, 4.69) is 15.9 Å². The van der Waals surface area contributed by atoms with Gasteiger partial charge in [-0.15, -0.1) is 0 Å². The third kappa shape index (κ3) is 5.13. The van der Waals surface area contributed by atoms with Crippen molar-refractivity contribution in [2.45, 2.75) is 18.8 Å². The van der Waals surface area contributed by atoms with Crippen LogP contribution < -0.4 is 4.74 Å². The van der Waals surface area contributed by atoms with Crippen molar-refractivity contribution in [3.63, 3.8) is 0 Å². The molecule has 0 aliphatic rings. The molecule has 3 nitrogen and oxygen atoms in total. The van der Waals surface area contributed by atoms with Crippen LogP contribution in [-0.4, -0.2) is 19.7 Å². The lowest BCUT2D eigenvalue weighted by Gasteiger charge is -2.17. The molecule has 0 aromatic heterocycles. The highest BCUT2D eigenvalue weighted by molar-refractivity contribution is 9.10. The van der Waals surface area contributed by atoms with E-state index in [0.717, 1.165) is 10.2 Å². The molecule has 2 rings (SSSR count). The second-order valence-corrected chi connectivity index (χ2v) is 6.86. The molecule has 1 atom stereocenters. The number of para-hydroxylation sites is 1. The van der Waals surface area contributed by atoms with Crippen molar-refractivity contribution in [2.24, 2.45) is 0 Å². The lowest BCUT2D eigenvalue weighted by atomic mass is 9.94. The smallest absolute Gasteiger partial charge is 0.313 e. The number of carbonyl (C=O) groups is 1. The Hall–Kier alpha value is -1.23. The van der Waals surface area contributed by atoms with Gasteiger partial charge in [0, 0.05) is 10.0 Å². The molecule has 0 amide bonds. The minimum atomic E-state index is -0.442. The summed E-state index contributed by atoms with van der Waals surface area (Å²) in [6.07, 6.45) is 1.25. The first kappa shape index (κ1) is 19.1. The van der Waals surface area contributed by atoms with Crippen LogP contribution in [0, 0.1) is 0 Å². The molecule has 0 N–H and O–H groups in total. The first-order chi connectivity index (χ1) is 11.5. The van der Waals surface area contributed by atoms with E-state index in [9.17, 15) is 4.79 Å². The third-order valence-electron chi connectivity index (χ3n) is 3.55. The Morgan fingerprint density at radius 1 is 1.21 bits per heavy atom. The Labute approximate surface area is 160 Å². The van der Waals surface area contributed by atoms with Crippen LogP contribution in [0.2, 0.25) is 10.0 Å². The van der Waals surface area contributed by atoms with Crippen molar-refractivity contribution in [1.82, 2.24) is 0 Å². The second-order valence-electron chi connectivity index (χ2n) is 5.16. The fraction of sp³-hybridized carbons (Fsp3) is 0.278. The molecule has 2 aromatic carbocycles. The molecule has 24 heavy (non-hydrogen) atoms. The topological polar surface area (TPSA) is 35.5 Å². The fourth-order valence-corrected chi connectivity index (χ4v) is 3.30. The molecule has 1 unspecified atom stereocenters. The fourth-order valence-electron chi connectivity index (χ4n) is 2.36. The Morgan fingerprint density at radius 3 is 2.62 bits per heavy atom. The zero-order chi connectivity index (χ0) is 17.5. The third-order valence-corrected chi connectivity index (χ3v) is 4.77. The Balaban J connectivity index is 1.99. The molecule has 0 aliphatic carbocycles.